The van der Waals surface area contributed by atoms with Crippen molar-refractivity contribution in [2.45, 2.75) is 6.10 Å². The summed E-state index contributed by atoms with van der Waals surface area (Å²) in [6.45, 7) is 0. The van der Waals surface area contributed by atoms with Crippen LogP contribution in [0.4, 0.5) is 5.69 Å². The van der Waals surface area contributed by atoms with Gasteiger partial charge in [-0.2, -0.15) is 15.6 Å². The Kier molecular flexibility index (Phi) is 5.11. The van der Waals surface area contributed by atoms with E-state index in [2.05, 4.69) is 10.5 Å². The molecule has 108 valence electrons. The van der Waals surface area contributed by atoms with Gasteiger partial charge in [0.15, 0.2) is 0 Å². The Balaban J connectivity index is 2.39. The molecule has 0 aliphatic carbocycles. The smallest absolute Gasteiger partial charge is 0.237 e. The van der Waals surface area contributed by atoms with Gasteiger partial charge in [0.2, 0.25) is 5.71 Å². The summed E-state index contributed by atoms with van der Waals surface area (Å²) in [4.78, 5) is 0. The zero-order valence-corrected chi connectivity index (χ0v) is 12.1. The number of hydrazone groups is 1. The number of nitrogens with one attached hydrogen (secondary N) is 1. The molecule has 0 saturated carbocycles. The van der Waals surface area contributed by atoms with E-state index in [0.717, 1.165) is 0 Å². The highest BCUT2D eigenvalue weighted by molar-refractivity contribution is 6.30. The Labute approximate surface area is 132 Å². The number of hydrogen-bond donors (Lipinski definition) is 2. The lowest BCUT2D eigenvalue weighted by atomic mass is 10.00. The van der Waals surface area contributed by atoms with E-state index in [1.54, 1.807) is 42.5 Å². The summed E-state index contributed by atoms with van der Waals surface area (Å²) in [5.74, 6) is 0. The molecule has 0 heterocycles. The van der Waals surface area contributed by atoms with E-state index in [9.17, 15) is 5.11 Å². The van der Waals surface area contributed by atoms with E-state index in [0.29, 0.717) is 21.8 Å². The largest absolute Gasteiger partial charge is 0.384 e. The first-order chi connectivity index (χ1) is 10.7. The molecule has 0 radical (unpaired) electrons. The second kappa shape index (κ2) is 7.24. The first-order valence-electron chi connectivity index (χ1n) is 6.32. The van der Waals surface area contributed by atoms with Gasteiger partial charge in [0, 0.05) is 10.6 Å². The van der Waals surface area contributed by atoms with Gasteiger partial charge < -0.3 is 5.11 Å². The predicted molar refractivity (Wildman–Crippen MR) is 84.2 cm³/mol. The topological polar surface area (TPSA) is 92.2 Å². The summed E-state index contributed by atoms with van der Waals surface area (Å²) >= 11 is 5.99. The van der Waals surface area contributed by atoms with E-state index >= 15 is 0 Å². The molecule has 1 unspecified atom stereocenters. The lowest BCUT2D eigenvalue weighted by Gasteiger charge is -2.16. The predicted octanol–water partition coefficient (Wildman–Crippen LogP) is 3.24. The number of aliphatic hydroxyl groups is 1. The third-order valence-electron chi connectivity index (χ3n) is 2.92. The first kappa shape index (κ1) is 15.5. The second-order valence-electron chi connectivity index (χ2n) is 4.34. The molecular weight excluding hydrogens is 300 g/mol. The zero-order chi connectivity index (χ0) is 15.9. The van der Waals surface area contributed by atoms with Crippen molar-refractivity contribution >= 4 is 23.0 Å². The van der Waals surface area contributed by atoms with E-state index in [-0.39, 0.29) is 5.71 Å². The molecule has 6 heteroatoms. The molecule has 22 heavy (non-hydrogen) atoms. The third-order valence-corrected chi connectivity index (χ3v) is 3.16. The maximum absolute atomic E-state index is 10.5. The lowest BCUT2D eigenvalue weighted by Crippen LogP contribution is -2.05. The molecule has 0 spiro atoms. The standard InChI is InChI=1S/C16H11ClN4O/c17-12-6-7-15(21-20-13(9-18)10-19)14(8-12)16(22)11-4-2-1-3-5-11/h1-8,16,21-22H. The fourth-order valence-electron chi connectivity index (χ4n) is 1.87. The number of nitrogens with zero attached hydrogens (tertiary/aromatic N) is 3. The molecule has 0 aliphatic rings. The summed E-state index contributed by atoms with van der Waals surface area (Å²) in [6.07, 6.45) is -0.912. The second-order valence-corrected chi connectivity index (χ2v) is 4.78. The normalized spacial score (nSPS) is 10.9. The monoisotopic (exact) mass is 310 g/mol. The van der Waals surface area contributed by atoms with Gasteiger partial charge in [-0.3, -0.25) is 5.43 Å². The SMILES string of the molecule is N#CC(C#N)=NNc1ccc(Cl)cc1C(O)c1ccccc1. The summed E-state index contributed by atoms with van der Waals surface area (Å²) in [5.41, 5.74) is 3.96. The zero-order valence-electron chi connectivity index (χ0n) is 11.4. The summed E-state index contributed by atoms with van der Waals surface area (Å²) in [7, 11) is 0. The van der Waals surface area contributed by atoms with Crippen molar-refractivity contribution in [2.24, 2.45) is 5.10 Å². The Morgan fingerprint density at radius 3 is 2.45 bits per heavy atom. The number of nitriles is 2. The van der Waals surface area contributed by atoms with Crippen LogP contribution in [0.2, 0.25) is 5.02 Å². The molecule has 2 rings (SSSR count). The van der Waals surface area contributed by atoms with Gasteiger partial charge in [-0.25, -0.2) is 0 Å². The van der Waals surface area contributed by atoms with Crippen LogP contribution in [0, 0.1) is 22.7 Å². The highest BCUT2D eigenvalue weighted by Gasteiger charge is 2.15. The molecule has 2 aromatic carbocycles. The van der Waals surface area contributed by atoms with Gasteiger partial charge >= 0.3 is 0 Å². The average Bonchev–Trinajstić information content (AvgIpc) is 2.57. The molecule has 2 N–H and O–H groups in total. The first-order valence-corrected chi connectivity index (χ1v) is 6.70. The van der Waals surface area contributed by atoms with Crippen molar-refractivity contribution in [2.75, 3.05) is 5.43 Å². The lowest BCUT2D eigenvalue weighted by molar-refractivity contribution is 0.221. The molecular formula is C16H11ClN4O. The summed E-state index contributed by atoms with van der Waals surface area (Å²) in [6, 6.07) is 17.2. The fraction of sp³-hybridized carbons (Fsp3) is 0.0625. The minimum Gasteiger partial charge on any atom is -0.384 e. The molecule has 0 aromatic heterocycles. The van der Waals surface area contributed by atoms with Crippen molar-refractivity contribution < 1.29 is 5.11 Å². The minimum atomic E-state index is -0.912. The maximum atomic E-state index is 10.5. The molecule has 0 fully saturated rings. The number of hydrogen-bond acceptors (Lipinski definition) is 5. The maximum Gasteiger partial charge on any atom is 0.237 e. The van der Waals surface area contributed by atoms with Gasteiger partial charge in [-0.15, -0.1) is 0 Å². The Hall–Kier alpha value is -2.86. The van der Waals surface area contributed by atoms with Crippen molar-refractivity contribution in [3.63, 3.8) is 0 Å². The van der Waals surface area contributed by atoms with Gasteiger partial charge in [-0.1, -0.05) is 41.9 Å². The van der Waals surface area contributed by atoms with Crippen LogP contribution in [0.3, 0.4) is 0 Å². The van der Waals surface area contributed by atoms with Crippen molar-refractivity contribution in [1.82, 2.24) is 0 Å². The highest BCUT2D eigenvalue weighted by Crippen LogP contribution is 2.30. The van der Waals surface area contributed by atoms with Crippen molar-refractivity contribution in [1.29, 1.82) is 10.5 Å². The van der Waals surface area contributed by atoms with E-state index in [4.69, 9.17) is 22.1 Å². The highest BCUT2D eigenvalue weighted by atomic mass is 35.5. The van der Waals surface area contributed by atoms with Crippen LogP contribution in [0.1, 0.15) is 17.2 Å². The van der Waals surface area contributed by atoms with Crippen LogP contribution in [-0.4, -0.2) is 10.8 Å². The number of rotatable bonds is 4. The Bertz CT molecular complexity index is 759. The average molecular weight is 311 g/mol. The van der Waals surface area contributed by atoms with Crippen molar-refractivity contribution in [3.05, 3.63) is 64.7 Å². The van der Waals surface area contributed by atoms with Crippen LogP contribution in [-0.2, 0) is 0 Å². The molecule has 0 saturated heterocycles. The van der Waals surface area contributed by atoms with Gasteiger partial charge in [0.05, 0.1) is 5.69 Å². The molecule has 0 aliphatic heterocycles. The van der Waals surface area contributed by atoms with Crippen LogP contribution in [0.15, 0.2) is 53.6 Å². The number of aliphatic hydroxyl groups excluding tert-OH is 1. The van der Waals surface area contributed by atoms with E-state index < -0.39 is 6.10 Å². The van der Waals surface area contributed by atoms with Crippen LogP contribution >= 0.6 is 11.6 Å². The fourth-order valence-corrected chi connectivity index (χ4v) is 2.05. The molecule has 0 bridgehead atoms. The number of benzene rings is 2. The summed E-state index contributed by atoms with van der Waals surface area (Å²) in [5, 5.41) is 32.0. The third kappa shape index (κ3) is 3.62. The quantitative estimate of drug-likeness (QED) is 0.669. The van der Waals surface area contributed by atoms with Crippen LogP contribution in [0.25, 0.3) is 0 Å². The Morgan fingerprint density at radius 2 is 1.82 bits per heavy atom. The number of halogens is 1. The van der Waals surface area contributed by atoms with Crippen molar-refractivity contribution in [3.8, 4) is 12.1 Å². The molecule has 2 aromatic rings. The summed E-state index contributed by atoms with van der Waals surface area (Å²) < 4.78 is 0. The Morgan fingerprint density at radius 1 is 1.14 bits per heavy atom. The minimum absolute atomic E-state index is 0.310. The molecule has 1 atom stereocenters. The number of anilines is 1. The molecule has 0 amide bonds. The van der Waals surface area contributed by atoms with E-state index in [1.165, 1.54) is 0 Å². The van der Waals surface area contributed by atoms with E-state index in [1.807, 2.05) is 18.2 Å². The molecule has 5 nitrogen and oxygen atoms in total. The van der Waals surface area contributed by atoms with Crippen LogP contribution < -0.4 is 5.43 Å². The van der Waals surface area contributed by atoms with Gasteiger partial charge in [0.25, 0.3) is 0 Å². The van der Waals surface area contributed by atoms with Gasteiger partial charge in [-0.05, 0) is 23.8 Å². The van der Waals surface area contributed by atoms with Crippen LogP contribution in [0.5, 0.6) is 0 Å². The van der Waals surface area contributed by atoms with Gasteiger partial charge in [0.1, 0.15) is 18.2 Å².